The standard InChI is InChI=1S/C24H29N5O4S/c1-28(2)24(34)33-19-10-9-18(21(25)26)15-20(19)31-13-14-32-23(30)17-7-5-16(6-8-17)22(27)29-11-3-4-12-29/h5-10,15,27H,3-4,11-14H2,1-2H3,(H3,25,26). The minimum atomic E-state index is -0.481. The Hall–Kier alpha value is -3.66. The quantitative estimate of drug-likeness (QED) is 0.172. The zero-order valence-corrected chi connectivity index (χ0v) is 20.1. The van der Waals surface area contributed by atoms with Crippen LogP contribution < -0.4 is 15.2 Å². The molecule has 0 atom stereocenters. The van der Waals surface area contributed by atoms with E-state index < -0.39 is 5.97 Å². The number of amidine groups is 2. The number of benzene rings is 2. The van der Waals surface area contributed by atoms with E-state index in [1.807, 2.05) is 4.90 Å². The third-order valence-electron chi connectivity index (χ3n) is 5.21. The fourth-order valence-corrected chi connectivity index (χ4v) is 3.40. The Kier molecular flexibility index (Phi) is 8.42. The van der Waals surface area contributed by atoms with E-state index in [4.69, 9.17) is 43.0 Å². The van der Waals surface area contributed by atoms with Crippen LogP contribution in [0.2, 0.25) is 0 Å². The molecule has 34 heavy (non-hydrogen) atoms. The van der Waals surface area contributed by atoms with E-state index in [0.717, 1.165) is 31.5 Å². The van der Waals surface area contributed by atoms with Crippen LogP contribution in [0, 0.1) is 10.8 Å². The van der Waals surface area contributed by atoms with Gasteiger partial charge in [0.1, 0.15) is 24.9 Å². The van der Waals surface area contributed by atoms with Crippen molar-refractivity contribution < 1.29 is 19.0 Å². The summed E-state index contributed by atoms with van der Waals surface area (Å²) in [5, 5.41) is 16.2. The van der Waals surface area contributed by atoms with Crippen molar-refractivity contribution in [3.8, 4) is 11.5 Å². The number of nitrogens with one attached hydrogen (secondary N) is 2. The van der Waals surface area contributed by atoms with Gasteiger partial charge in [-0.25, -0.2) is 4.79 Å². The Morgan fingerprint density at radius 2 is 1.62 bits per heavy atom. The number of hydrogen-bond donors (Lipinski definition) is 3. The molecule has 10 heteroatoms. The van der Waals surface area contributed by atoms with E-state index in [0.29, 0.717) is 28.5 Å². The van der Waals surface area contributed by atoms with Gasteiger partial charge in [-0.2, -0.15) is 0 Å². The lowest BCUT2D eigenvalue weighted by Crippen LogP contribution is -2.27. The summed E-state index contributed by atoms with van der Waals surface area (Å²) in [5.41, 5.74) is 7.21. The minimum absolute atomic E-state index is 0.00600. The monoisotopic (exact) mass is 483 g/mol. The lowest BCUT2D eigenvalue weighted by Gasteiger charge is -2.18. The molecule has 0 unspecified atom stereocenters. The molecule has 4 N–H and O–H groups in total. The van der Waals surface area contributed by atoms with Gasteiger partial charge in [-0.05, 0) is 55.4 Å². The number of nitrogens with two attached hydrogens (primary N) is 1. The number of nitrogen functional groups attached to an aromatic ring is 1. The number of thiocarbonyl (C=S) groups is 1. The second kappa shape index (κ2) is 11.5. The van der Waals surface area contributed by atoms with E-state index in [1.54, 1.807) is 61.5 Å². The van der Waals surface area contributed by atoms with Gasteiger partial charge in [0, 0.05) is 38.3 Å². The van der Waals surface area contributed by atoms with Gasteiger partial charge in [-0.15, -0.1) is 0 Å². The van der Waals surface area contributed by atoms with Gasteiger partial charge in [0.25, 0.3) is 5.17 Å². The number of esters is 1. The topological polar surface area (TPSA) is 125 Å². The van der Waals surface area contributed by atoms with Gasteiger partial charge in [-0.3, -0.25) is 10.8 Å². The summed E-state index contributed by atoms with van der Waals surface area (Å²) in [6.07, 6.45) is 2.20. The maximum Gasteiger partial charge on any atom is 0.338 e. The SMILES string of the molecule is CN(C)C(=S)Oc1ccc(C(=N)N)cc1OCCOC(=O)c1ccc(C(=N)N2CCCC2)cc1. The Bertz CT molecular complexity index is 1070. The van der Waals surface area contributed by atoms with Crippen LogP contribution in [-0.4, -0.2) is 73.0 Å². The fraction of sp³-hybridized carbons (Fsp3) is 0.333. The first kappa shape index (κ1) is 25.0. The van der Waals surface area contributed by atoms with Gasteiger partial charge in [0.2, 0.25) is 0 Å². The molecule has 0 aliphatic carbocycles. The van der Waals surface area contributed by atoms with Gasteiger partial charge in [0.05, 0.1) is 5.56 Å². The highest BCUT2D eigenvalue weighted by Gasteiger charge is 2.17. The predicted molar refractivity (Wildman–Crippen MR) is 134 cm³/mol. The summed E-state index contributed by atoms with van der Waals surface area (Å²) >= 11 is 5.18. The molecule has 2 aromatic rings. The molecule has 9 nitrogen and oxygen atoms in total. The first-order valence-electron chi connectivity index (χ1n) is 10.9. The summed E-state index contributed by atoms with van der Waals surface area (Å²) in [5.74, 6) is 0.582. The lowest BCUT2D eigenvalue weighted by atomic mass is 10.1. The normalized spacial score (nSPS) is 12.7. The van der Waals surface area contributed by atoms with Crippen molar-refractivity contribution in [2.24, 2.45) is 5.73 Å². The first-order valence-corrected chi connectivity index (χ1v) is 11.3. The van der Waals surface area contributed by atoms with Crippen LogP contribution in [-0.2, 0) is 4.74 Å². The van der Waals surface area contributed by atoms with Crippen LogP contribution in [0.4, 0.5) is 0 Å². The smallest absolute Gasteiger partial charge is 0.338 e. The predicted octanol–water partition coefficient (Wildman–Crippen LogP) is 2.85. The maximum absolute atomic E-state index is 12.4. The van der Waals surface area contributed by atoms with E-state index in [-0.39, 0.29) is 24.2 Å². The minimum Gasteiger partial charge on any atom is -0.486 e. The zero-order valence-electron chi connectivity index (χ0n) is 19.3. The molecule has 0 aromatic heterocycles. The highest BCUT2D eigenvalue weighted by Crippen LogP contribution is 2.29. The van der Waals surface area contributed by atoms with Gasteiger partial charge in [0.15, 0.2) is 11.5 Å². The van der Waals surface area contributed by atoms with E-state index in [9.17, 15) is 4.79 Å². The number of likely N-dealkylation sites (tertiary alicyclic amines) is 1. The molecule has 1 fully saturated rings. The van der Waals surface area contributed by atoms with Crippen LogP contribution in [0.25, 0.3) is 0 Å². The highest BCUT2D eigenvalue weighted by atomic mass is 32.1. The van der Waals surface area contributed by atoms with Crippen molar-refractivity contribution in [3.63, 3.8) is 0 Å². The molecule has 0 bridgehead atoms. The Morgan fingerprint density at radius 3 is 2.24 bits per heavy atom. The van der Waals surface area contributed by atoms with Crippen molar-refractivity contribution in [2.45, 2.75) is 12.8 Å². The van der Waals surface area contributed by atoms with Crippen molar-refractivity contribution >= 4 is 35.0 Å². The molecule has 0 saturated carbocycles. The van der Waals surface area contributed by atoms with Crippen LogP contribution in [0.15, 0.2) is 42.5 Å². The van der Waals surface area contributed by atoms with Gasteiger partial charge >= 0.3 is 5.97 Å². The molecule has 2 aromatic carbocycles. The molecule has 3 rings (SSSR count). The Balaban J connectivity index is 1.55. The zero-order chi connectivity index (χ0) is 24.7. The molecule has 1 heterocycles. The third-order valence-corrected chi connectivity index (χ3v) is 5.66. The summed E-state index contributed by atoms with van der Waals surface area (Å²) in [4.78, 5) is 16.1. The average molecular weight is 484 g/mol. The highest BCUT2D eigenvalue weighted by molar-refractivity contribution is 7.80. The molecule has 1 aliphatic heterocycles. The van der Waals surface area contributed by atoms with Gasteiger partial charge < -0.3 is 29.7 Å². The number of nitrogens with zero attached hydrogens (tertiary/aromatic N) is 2. The molecule has 0 amide bonds. The lowest BCUT2D eigenvalue weighted by molar-refractivity contribution is 0.0449. The average Bonchev–Trinajstić information content (AvgIpc) is 3.37. The van der Waals surface area contributed by atoms with Crippen molar-refractivity contribution in [1.29, 1.82) is 10.8 Å². The Labute approximate surface area is 204 Å². The summed E-state index contributed by atoms with van der Waals surface area (Å²) in [6.45, 7) is 1.86. The number of ether oxygens (including phenoxy) is 3. The second-order valence-electron chi connectivity index (χ2n) is 7.94. The third kappa shape index (κ3) is 6.44. The molecule has 1 saturated heterocycles. The number of rotatable bonds is 8. The molecule has 180 valence electrons. The van der Waals surface area contributed by atoms with Crippen LogP contribution >= 0.6 is 12.2 Å². The molecular weight excluding hydrogens is 454 g/mol. The summed E-state index contributed by atoms with van der Waals surface area (Å²) in [6, 6.07) is 11.7. The van der Waals surface area contributed by atoms with Crippen LogP contribution in [0.5, 0.6) is 11.5 Å². The maximum atomic E-state index is 12.4. The van der Waals surface area contributed by atoms with Crippen LogP contribution in [0.3, 0.4) is 0 Å². The van der Waals surface area contributed by atoms with Crippen molar-refractivity contribution in [3.05, 3.63) is 59.2 Å². The first-order chi connectivity index (χ1) is 16.3. The molecule has 1 aliphatic rings. The van der Waals surface area contributed by atoms with E-state index in [1.165, 1.54) is 0 Å². The van der Waals surface area contributed by atoms with Crippen molar-refractivity contribution in [1.82, 2.24) is 9.80 Å². The number of carbonyl (C=O) groups excluding carboxylic acids is 1. The molecule has 0 radical (unpaired) electrons. The van der Waals surface area contributed by atoms with E-state index in [2.05, 4.69) is 0 Å². The van der Waals surface area contributed by atoms with Crippen LogP contribution in [0.1, 0.15) is 34.3 Å². The number of hydrogen-bond acceptors (Lipinski definition) is 7. The summed E-state index contributed by atoms with van der Waals surface area (Å²) < 4.78 is 16.7. The fourth-order valence-electron chi connectivity index (χ4n) is 3.31. The Morgan fingerprint density at radius 1 is 1.00 bits per heavy atom. The van der Waals surface area contributed by atoms with Crippen molar-refractivity contribution in [2.75, 3.05) is 40.4 Å². The largest absolute Gasteiger partial charge is 0.486 e. The molecular formula is C24H29N5O4S. The number of carbonyl (C=O) groups is 1. The molecule has 0 spiro atoms. The van der Waals surface area contributed by atoms with E-state index >= 15 is 0 Å². The van der Waals surface area contributed by atoms with Gasteiger partial charge in [-0.1, -0.05) is 12.1 Å². The summed E-state index contributed by atoms with van der Waals surface area (Å²) in [7, 11) is 3.52. The second-order valence-corrected chi connectivity index (χ2v) is 8.29.